The third-order valence-corrected chi connectivity index (χ3v) is 4.06. The zero-order chi connectivity index (χ0) is 13.8. The second-order valence-corrected chi connectivity index (χ2v) is 5.53. The van der Waals surface area contributed by atoms with Crippen molar-refractivity contribution in [1.29, 1.82) is 0 Å². The molecule has 1 aromatic rings. The van der Waals surface area contributed by atoms with Crippen LogP contribution < -0.4 is 15.2 Å². The number of methoxy groups -OCH3 is 1. The van der Waals surface area contributed by atoms with Gasteiger partial charge in [-0.1, -0.05) is 6.92 Å². The highest BCUT2D eigenvalue weighted by atomic mass is 32.2. The van der Waals surface area contributed by atoms with Crippen LogP contribution in [0.2, 0.25) is 0 Å². The Balaban J connectivity index is 3.02. The molecule has 102 valence electrons. The molecular formula is C11H18N2O4S. The molecule has 0 amide bonds. The van der Waals surface area contributed by atoms with Gasteiger partial charge in [-0.25, -0.2) is 13.1 Å². The fourth-order valence-electron chi connectivity index (χ4n) is 1.42. The Hall–Kier alpha value is -1.31. The topological polar surface area (TPSA) is 102 Å². The third kappa shape index (κ3) is 3.34. The first kappa shape index (κ1) is 14.7. The second-order valence-electron chi connectivity index (χ2n) is 3.81. The summed E-state index contributed by atoms with van der Waals surface area (Å²) in [6.45, 7) is 1.53. The van der Waals surface area contributed by atoms with Gasteiger partial charge in [-0.3, -0.25) is 0 Å². The minimum Gasteiger partial charge on any atom is -0.495 e. The van der Waals surface area contributed by atoms with Gasteiger partial charge in [-0.05, 0) is 24.6 Å². The average Bonchev–Trinajstić information content (AvgIpc) is 2.35. The van der Waals surface area contributed by atoms with Crippen LogP contribution in [0.3, 0.4) is 0 Å². The van der Waals surface area contributed by atoms with Gasteiger partial charge in [0.2, 0.25) is 10.0 Å². The number of nitrogen functional groups attached to an aromatic ring is 1. The van der Waals surface area contributed by atoms with E-state index in [0.29, 0.717) is 12.2 Å². The summed E-state index contributed by atoms with van der Waals surface area (Å²) in [5, 5.41) is 9.00. The monoisotopic (exact) mass is 274 g/mol. The van der Waals surface area contributed by atoms with Crippen LogP contribution in [0, 0.1) is 0 Å². The Labute approximate surface area is 107 Å². The third-order valence-electron chi connectivity index (χ3n) is 2.55. The van der Waals surface area contributed by atoms with Gasteiger partial charge in [0.25, 0.3) is 0 Å². The number of hydrogen-bond acceptors (Lipinski definition) is 5. The van der Waals surface area contributed by atoms with Crippen LogP contribution in [0.5, 0.6) is 5.75 Å². The number of sulfonamides is 1. The fraction of sp³-hybridized carbons (Fsp3) is 0.455. The van der Waals surface area contributed by atoms with Gasteiger partial charge in [0.15, 0.2) is 0 Å². The molecule has 6 nitrogen and oxygen atoms in total. The summed E-state index contributed by atoms with van der Waals surface area (Å²) in [5.74, 6) is 0.420. The lowest BCUT2D eigenvalue weighted by Gasteiger charge is -2.15. The fourth-order valence-corrected chi connectivity index (χ4v) is 2.76. The summed E-state index contributed by atoms with van der Waals surface area (Å²) in [6, 6.07) is 3.72. The molecule has 1 rings (SSSR count). The van der Waals surface area contributed by atoms with Crippen molar-refractivity contribution in [3.63, 3.8) is 0 Å². The number of ether oxygens (including phenoxy) is 1. The van der Waals surface area contributed by atoms with Crippen molar-refractivity contribution < 1.29 is 18.3 Å². The first-order valence-corrected chi connectivity index (χ1v) is 6.99. The summed E-state index contributed by atoms with van der Waals surface area (Å²) in [7, 11) is -2.22. The van der Waals surface area contributed by atoms with E-state index in [1.165, 1.54) is 25.3 Å². The van der Waals surface area contributed by atoms with Crippen molar-refractivity contribution >= 4 is 15.7 Å². The van der Waals surface area contributed by atoms with E-state index >= 15 is 0 Å². The molecule has 0 aliphatic carbocycles. The van der Waals surface area contributed by atoms with Crippen molar-refractivity contribution in [2.75, 3.05) is 19.5 Å². The van der Waals surface area contributed by atoms with Crippen LogP contribution in [0.1, 0.15) is 13.3 Å². The molecule has 0 saturated heterocycles. The number of nitrogens with one attached hydrogen (secondary N) is 1. The molecule has 0 aliphatic rings. The van der Waals surface area contributed by atoms with Crippen LogP contribution in [0.4, 0.5) is 5.69 Å². The first-order chi connectivity index (χ1) is 8.44. The summed E-state index contributed by atoms with van der Waals surface area (Å²) in [4.78, 5) is 0.0488. The normalized spacial score (nSPS) is 13.3. The van der Waals surface area contributed by atoms with Crippen LogP contribution in [-0.4, -0.2) is 33.3 Å². The highest BCUT2D eigenvalue weighted by molar-refractivity contribution is 7.89. The minimum atomic E-state index is -3.68. The Morgan fingerprint density at radius 3 is 2.61 bits per heavy atom. The maximum atomic E-state index is 12.0. The van der Waals surface area contributed by atoms with Crippen LogP contribution in [0.15, 0.2) is 23.1 Å². The van der Waals surface area contributed by atoms with Gasteiger partial charge in [0.1, 0.15) is 5.75 Å². The molecule has 0 spiro atoms. The van der Waals surface area contributed by atoms with E-state index in [1.807, 2.05) is 0 Å². The molecule has 4 N–H and O–H groups in total. The molecule has 0 saturated carbocycles. The zero-order valence-corrected chi connectivity index (χ0v) is 11.2. The highest BCUT2D eigenvalue weighted by Crippen LogP contribution is 2.24. The average molecular weight is 274 g/mol. The molecule has 7 heteroatoms. The lowest BCUT2D eigenvalue weighted by molar-refractivity contribution is 0.254. The van der Waals surface area contributed by atoms with Gasteiger partial charge < -0.3 is 15.6 Å². The molecule has 0 unspecified atom stereocenters. The molecule has 0 radical (unpaired) electrons. The number of aliphatic hydroxyl groups is 1. The lowest BCUT2D eigenvalue weighted by atomic mass is 10.3. The molecule has 0 bridgehead atoms. The van der Waals surface area contributed by atoms with Crippen molar-refractivity contribution in [2.24, 2.45) is 0 Å². The number of anilines is 1. The Morgan fingerprint density at radius 2 is 2.17 bits per heavy atom. The summed E-state index contributed by atoms with van der Waals surface area (Å²) in [6.07, 6.45) is 0.501. The van der Waals surface area contributed by atoms with E-state index in [2.05, 4.69) is 4.72 Å². The molecule has 0 heterocycles. The van der Waals surface area contributed by atoms with E-state index in [-0.39, 0.29) is 17.2 Å². The largest absolute Gasteiger partial charge is 0.495 e. The van der Waals surface area contributed by atoms with E-state index in [4.69, 9.17) is 15.6 Å². The standard InChI is InChI=1S/C11H18N2O4S/c1-3-8(7-14)13-18(15,16)9-4-5-11(17-2)10(12)6-9/h4-6,8,13-14H,3,7,12H2,1-2H3/t8-/m0/s1. The maximum Gasteiger partial charge on any atom is 0.240 e. The van der Waals surface area contributed by atoms with Crippen LogP contribution >= 0.6 is 0 Å². The smallest absolute Gasteiger partial charge is 0.240 e. The quantitative estimate of drug-likeness (QED) is 0.649. The van der Waals surface area contributed by atoms with E-state index < -0.39 is 16.1 Å². The van der Waals surface area contributed by atoms with Gasteiger partial charge >= 0.3 is 0 Å². The van der Waals surface area contributed by atoms with Crippen molar-refractivity contribution in [3.05, 3.63) is 18.2 Å². The molecule has 0 aromatic heterocycles. The van der Waals surface area contributed by atoms with Gasteiger partial charge in [-0.15, -0.1) is 0 Å². The Kier molecular flexibility index (Phi) is 4.94. The Bertz CT molecular complexity index is 498. The number of hydrogen-bond donors (Lipinski definition) is 3. The highest BCUT2D eigenvalue weighted by Gasteiger charge is 2.19. The zero-order valence-electron chi connectivity index (χ0n) is 10.4. The molecular weight excluding hydrogens is 256 g/mol. The molecule has 18 heavy (non-hydrogen) atoms. The number of aliphatic hydroxyl groups excluding tert-OH is 1. The molecule has 1 aromatic carbocycles. The molecule has 1 atom stereocenters. The lowest BCUT2D eigenvalue weighted by Crippen LogP contribution is -2.36. The van der Waals surface area contributed by atoms with Crippen molar-refractivity contribution in [3.8, 4) is 5.75 Å². The second kappa shape index (κ2) is 6.03. The van der Waals surface area contributed by atoms with Gasteiger partial charge in [0.05, 0.1) is 24.3 Å². The predicted molar refractivity (Wildman–Crippen MR) is 68.9 cm³/mol. The minimum absolute atomic E-state index is 0.0488. The molecule has 0 aliphatic heterocycles. The summed E-state index contributed by atoms with van der Waals surface area (Å²) >= 11 is 0. The van der Waals surface area contributed by atoms with E-state index in [0.717, 1.165) is 0 Å². The van der Waals surface area contributed by atoms with E-state index in [1.54, 1.807) is 6.92 Å². The maximum absolute atomic E-state index is 12.0. The van der Waals surface area contributed by atoms with Crippen molar-refractivity contribution in [2.45, 2.75) is 24.3 Å². The van der Waals surface area contributed by atoms with Crippen LogP contribution in [-0.2, 0) is 10.0 Å². The molecule has 0 fully saturated rings. The summed E-state index contributed by atoms with van der Waals surface area (Å²) in [5.41, 5.74) is 5.91. The predicted octanol–water partition coefficient (Wildman–Crippen LogP) is 0.327. The number of nitrogens with two attached hydrogens (primary N) is 1. The van der Waals surface area contributed by atoms with Crippen molar-refractivity contribution in [1.82, 2.24) is 4.72 Å². The van der Waals surface area contributed by atoms with Crippen LogP contribution in [0.25, 0.3) is 0 Å². The number of benzene rings is 1. The first-order valence-electron chi connectivity index (χ1n) is 5.51. The van der Waals surface area contributed by atoms with Gasteiger partial charge in [-0.2, -0.15) is 0 Å². The van der Waals surface area contributed by atoms with E-state index in [9.17, 15) is 8.42 Å². The van der Waals surface area contributed by atoms with Gasteiger partial charge in [0, 0.05) is 6.04 Å². The Morgan fingerprint density at radius 1 is 1.50 bits per heavy atom. The number of rotatable bonds is 6. The summed E-state index contributed by atoms with van der Waals surface area (Å²) < 4.78 is 31.3. The SMILES string of the molecule is CC[C@@H](CO)NS(=O)(=O)c1ccc(OC)c(N)c1.